The molecule has 6 nitrogen and oxygen atoms in total. The summed E-state index contributed by atoms with van der Waals surface area (Å²) in [6.45, 7) is 3.17. The second kappa shape index (κ2) is 9.93. The molecule has 2 aromatic heterocycles. The molecular weight excluding hydrogens is 445 g/mol. The number of hydrogen-bond donors (Lipinski definition) is 1. The maximum Gasteiger partial charge on any atom is 0.217 e. The Morgan fingerprint density at radius 2 is 1.91 bits per heavy atom. The van der Waals surface area contributed by atoms with Crippen LogP contribution in [0.5, 0.6) is 11.5 Å². The van der Waals surface area contributed by atoms with Crippen molar-refractivity contribution in [3.05, 3.63) is 101 Å². The van der Waals surface area contributed by atoms with Gasteiger partial charge < -0.3 is 14.5 Å². The molecule has 1 aliphatic heterocycles. The fourth-order valence-corrected chi connectivity index (χ4v) is 3.95. The smallest absolute Gasteiger partial charge is 0.217 e. The van der Waals surface area contributed by atoms with Gasteiger partial charge in [0, 0.05) is 31.3 Å². The van der Waals surface area contributed by atoms with E-state index in [-0.39, 0.29) is 24.4 Å². The number of aromatic amines is 1. The van der Waals surface area contributed by atoms with Crippen molar-refractivity contribution in [3.63, 3.8) is 0 Å². The van der Waals surface area contributed by atoms with Gasteiger partial charge in [0.15, 0.2) is 0 Å². The van der Waals surface area contributed by atoms with E-state index in [1.54, 1.807) is 24.4 Å². The highest BCUT2D eigenvalue weighted by molar-refractivity contribution is 5.95. The normalized spacial score (nSPS) is 12.8. The lowest BCUT2D eigenvalue weighted by atomic mass is 10.0. The number of ketones is 1. The molecular formula is C28H24FN3O3. The molecule has 0 saturated heterocycles. The molecule has 2 aromatic carbocycles. The Labute approximate surface area is 202 Å². The Bertz CT molecular complexity index is 1390. The first-order chi connectivity index (χ1) is 17.0. The fourth-order valence-electron chi connectivity index (χ4n) is 3.95. The van der Waals surface area contributed by atoms with Crippen LogP contribution in [0.3, 0.4) is 0 Å². The number of Topliss-reactive ketones (excluding diaryl/α,β-unsaturated/α-hetero) is 1. The molecule has 7 heteroatoms. The number of pyridine rings is 1. The van der Waals surface area contributed by atoms with Gasteiger partial charge in [-0.15, -0.1) is 0 Å². The standard InChI is InChI=1S/C28H24FN3O3/c1-18-2-7-25(29)20(12-18)14-22(33)13-19-3-5-23(6-4-19)35-24-8-9-30-27(16-24)26-15-21(17-32-26)28-31-10-11-34-28/h2-9,12,15-17,32H,10-11,13-14H2,1H3. The molecule has 0 bridgehead atoms. The molecule has 35 heavy (non-hydrogen) atoms. The molecule has 0 spiro atoms. The second-order valence-corrected chi connectivity index (χ2v) is 8.45. The van der Waals surface area contributed by atoms with E-state index in [1.165, 1.54) is 6.07 Å². The number of benzene rings is 2. The minimum absolute atomic E-state index is 0.0405. The van der Waals surface area contributed by atoms with Gasteiger partial charge in [-0.05, 0) is 48.4 Å². The number of halogens is 1. The Hall–Kier alpha value is -4.26. The zero-order valence-electron chi connectivity index (χ0n) is 19.3. The summed E-state index contributed by atoms with van der Waals surface area (Å²) in [5, 5.41) is 0. The third-order valence-corrected chi connectivity index (χ3v) is 5.67. The van der Waals surface area contributed by atoms with Gasteiger partial charge in [0.2, 0.25) is 5.90 Å². The van der Waals surface area contributed by atoms with E-state index < -0.39 is 0 Å². The number of ether oxygens (including phenoxy) is 2. The van der Waals surface area contributed by atoms with Gasteiger partial charge in [0.25, 0.3) is 0 Å². The maximum absolute atomic E-state index is 14.0. The Kier molecular flexibility index (Phi) is 6.39. The van der Waals surface area contributed by atoms with E-state index in [4.69, 9.17) is 9.47 Å². The van der Waals surface area contributed by atoms with Crippen LogP contribution in [0.25, 0.3) is 11.4 Å². The van der Waals surface area contributed by atoms with Crippen LogP contribution in [0.2, 0.25) is 0 Å². The summed E-state index contributed by atoms with van der Waals surface area (Å²) in [6, 6.07) is 17.7. The summed E-state index contributed by atoms with van der Waals surface area (Å²) in [5.41, 5.74) is 4.67. The first kappa shape index (κ1) is 22.5. The summed E-state index contributed by atoms with van der Waals surface area (Å²) in [6.07, 6.45) is 3.84. The zero-order valence-corrected chi connectivity index (χ0v) is 19.3. The van der Waals surface area contributed by atoms with Crippen molar-refractivity contribution in [3.8, 4) is 22.9 Å². The molecule has 176 valence electrons. The summed E-state index contributed by atoms with van der Waals surface area (Å²) in [5.74, 6) is 1.53. The van der Waals surface area contributed by atoms with Crippen molar-refractivity contribution >= 4 is 11.7 Å². The largest absolute Gasteiger partial charge is 0.475 e. The van der Waals surface area contributed by atoms with Crippen LogP contribution >= 0.6 is 0 Å². The van der Waals surface area contributed by atoms with E-state index in [0.29, 0.717) is 36.1 Å². The lowest BCUT2D eigenvalue weighted by Crippen LogP contribution is -2.08. The van der Waals surface area contributed by atoms with E-state index in [0.717, 1.165) is 28.1 Å². The molecule has 0 radical (unpaired) electrons. The van der Waals surface area contributed by atoms with Gasteiger partial charge in [-0.25, -0.2) is 9.38 Å². The highest BCUT2D eigenvalue weighted by Gasteiger charge is 2.14. The molecule has 3 heterocycles. The van der Waals surface area contributed by atoms with E-state index in [2.05, 4.69) is 15.0 Å². The minimum atomic E-state index is -0.347. The molecule has 1 aliphatic rings. The van der Waals surface area contributed by atoms with Crippen molar-refractivity contribution in [1.82, 2.24) is 9.97 Å². The average molecular weight is 470 g/mol. The van der Waals surface area contributed by atoms with Gasteiger partial charge in [-0.2, -0.15) is 0 Å². The molecule has 0 amide bonds. The van der Waals surface area contributed by atoms with Crippen LogP contribution < -0.4 is 4.74 Å². The lowest BCUT2D eigenvalue weighted by molar-refractivity contribution is -0.117. The molecule has 0 aliphatic carbocycles. The van der Waals surface area contributed by atoms with E-state index >= 15 is 0 Å². The summed E-state index contributed by atoms with van der Waals surface area (Å²) in [4.78, 5) is 24.4. The molecule has 0 atom stereocenters. The van der Waals surface area contributed by atoms with Crippen molar-refractivity contribution in [2.75, 3.05) is 13.2 Å². The molecule has 0 fully saturated rings. The highest BCUT2D eigenvalue weighted by atomic mass is 19.1. The fraction of sp³-hybridized carbons (Fsp3) is 0.179. The predicted octanol–water partition coefficient (Wildman–Crippen LogP) is 5.45. The number of nitrogens with one attached hydrogen (secondary N) is 1. The van der Waals surface area contributed by atoms with Gasteiger partial charge in [0.05, 0.1) is 23.5 Å². The molecule has 0 saturated carbocycles. The Balaban J connectivity index is 1.22. The number of aryl methyl sites for hydroxylation is 1. The van der Waals surface area contributed by atoms with E-state index in [9.17, 15) is 9.18 Å². The number of carbonyl (C=O) groups is 1. The van der Waals surface area contributed by atoms with Crippen LogP contribution in [0, 0.1) is 12.7 Å². The van der Waals surface area contributed by atoms with Crippen LogP contribution in [0.4, 0.5) is 4.39 Å². The SMILES string of the molecule is Cc1ccc(F)c(CC(=O)Cc2ccc(Oc3ccnc(-c4cc(C5=NCCO5)c[nH]4)c3)cc2)c1. The topological polar surface area (TPSA) is 76.6 Å². The van der Waals surface area contributed by atoms with Crippen molar-refractivity contribution in [2.24, 2.45) is 4.99 Å². The summed E-state index contributed by atoms with van der Waals surface area (Å²) in [7, 11) is 0. The molecule has 5 rings (SSSR count). The number of carbonyl (C=O) groups excluding carboxylic acids is 1. The van der Waals surface area contributed by atoms with Crippen molar-refractivity contribution in [1.29, 1.82) is 0 Å². The lowest BCUT2D eigenvalue weighted by Gasteiger charge is -2.08. The number of aromatic nitrogens is 2. The van der Waals surface area contributed by atoms with Gasteiger partial charge in [-0.1, -0.05) is 29.8 Å². The second-order valence-electron chi connectivity index (χ2n) is 8.45. The Morgan fingerprint density at radius 3 is 2.71 bits per heavy atom. The first-order valence-electron chi connectivity index (χ1n) is 11.4. The molecule has 0 unspecified atom stereocenters. The third-order valence-electron chi connectivity index (χ3n) is 5.67. The number of H-pyrrole nitrogens is 1. The van der Waals surface area contributed by atoms with E-state index in [1.807, 2.05) is 49.5 Å². The number of nitrogens with zero attached hydrogens (tertiary/aromatic N) is 2. The maximum atomic E-state index is 14.0. The molecule has 4 aromatic rings. The quantitative estimate of drug-likeness (QED) is 0.372. The van der Waals surface area contributed by atoms with Crippen molar-refractivity contribution < 1.29 is 18.7 Å². The summed E-state index contributed by atoms with van der Waals surface area (Å²) < 4.78 is 25.5. The van der Waals surface area contributed by atoms with Gasteiger partial charge in [-0.3, -0.25) is 9.78 Å². The minimum Gasteiger partial charge on any atom is -0.475 e. The average Bonchev–Trinajstić information content (AvgIpc) is 3.55. The predicted molar refractivity (Wildman–Crippen MR) is 131 cm³/mol. The zero-order chi connectivity index (χ0) is 24.2. The van der Waals surface area contributed by atoms with Gasteiger partial charge >= 0.3 is 0 Å². The van der Waals surface area contributed by atoms with Crippen LogP contribution in [0.15, 0.2) is 78.0 Å². The number of hydrogen-bond acceptors (Lipinski definition) is 5. The summed E-state index contributed by atoms with van der Waals surface area (Å²) >= 11 is 0. The van der Waals surface area contributed by atoms with Crippen LogP contribution in [-0.2, 0) is 22.4 Å². The highest BCUT2D eigenvalue weighted by Crippen LogP contribution is 2.26. The van der Waals surface area contributed by atoms with Crippen LogP contribution in [-0.4, -0.2) is 34.8 Å². The third kappa shape index (κ3) is 5.46. The van der Waals surface area contributed by atoms with Gasteiger partial charge in [0.1, 0.15) is 29.7 Å². The monoisotopic (exact) mass is 469 g/mol. The number of aliphatic imine (C=N–C) groups is 1. The molecule has 1 N–H and O–H groups in total. The van der Waals surface area contributed by atoms with Crippen LogP contribution in [0.1, 0.15) is 22.3 Å². The number of rotatable bonds is 8. The van der Waals surface area contributed by atoms with Crippen molar-refractivity contribution in [2.45, 2.75) is 19.8 Å². The first-order valence-corrected chi connectivity index (χ1v) is 11.4. The Morgan fingerprint density at radius 1 is 1.06 bits per heavy atom.